The van der Waals surface area contributed by atoms with E-state index in [9.17, 15) is 13.6 Å². The molecule has 1 fully saturated rings. The molecular weight excluding hydrogens is 457 g/mol. The van der Waals surface area contributed by atoms with Gasteiger partial charge in [-0.05, 0) is 47.6 Å². The Morgan fingerprint density at radius 2 is 2.03 bits per heavy atom. The van der Waals surface area contributed by atoms with Crippen molar-refractivity contribution >= 4 is 28.2 Å². The van der Waals surface area contributed by atoms with Gasteiger partial charge in [0.15, 0.2) is 5.82 Å². The highest BCUT2D eigenvalue weighted by Gasteiger charge is 2.53. The maximum Gasteiger partial charge on any atom is 0.257 e. The van der Waals surface area contributed by atoms with Crippen molar-refractivity contribution in [3.05, 3.63) is 66.1 Å². The maximum absolute atomic E-state index is 15.0. The molecular formula is C25H23F3N6O. The van der Waals surface area contributed by atoms with Crippen LogP contribution in [0.15, 0.2) is 49.2 Å². The number of fused-ring (bicyclic) bond motifs is 1. The minimum absolute atomic E-state index is 0.0252. The Hall–Kier alpha value is -3.95. The van der Waals surface area contributed by atoms with Crippen LogP contribution in [0, 0.1) is 24.6 Å². The highest BCUT2D eigenvalue weighted by molar-refractivity contribution is 6.00. The molecule has 0 radical (unpaired) electrons. The fraction of sp³-hybridized carbons (Fsp3) is 0.280. The zero-order valence-corrected chi connectivity index (χ0v) is 19.0. The van der Waals surface area contributed by atoms with Crippen molar-refractivity contribution in [1.82, 2.24) is 19.7 Å². The number of carbonyl (C=O) groups is 1. The summed E-state index contributed by atoms with van der Waals surface area (Å²) in [7, 11) is 0. The summed E-state index contributed by atoms with van der Waals surface area (Å²) in [4.78, 5) is 21.3. The van der Waals surface area contributed by atoms with Crippen LogP contribution in [0.2, 0.25) is 0 Å². The van der Waals surface area contributed by atoms with Gasteiger partial charge in [0.2, 0.25) is 5.91 Å². The summed E-state index contributed by atoms with van der Waals surface area (Å²) >= 11 is 0. The van der Waals surface area contributed by atoms with Gasteiger partial charge in [-0.15, -0.1) is 0 Å². The molecule has 0 unspecified atom stereocenters. The zero-order valence-electron chi connectivity index (χ0n) is 19.0. The number of amides is 1. The van der Waals surface area contributed by atoms with Crippen molar-refractivity contribution in [2.45, 2.75) is 32.7 Å². The van der Waals surface area contributed by atoms with Crippen LogP contribution in [-0.4, -0.2) is 32.1 Å². The molecule has 0 bridgehead atoms. The second-order valence-electron chi connectivity index (χ2n) is 8.92. The Bertz CT molecular complexity index is 1440. The summed E-state index contributed by atoms with van der Waals surface area (Å²) < 4.78 is 41.4. The van der Waals surface area contributed by atoms with E-state index in [2.05, 4.69) is 20.4 Å². The fourth-order valence-corrected chi connectivity index (χ4v) is 4.69. The molecule has 1 aliphatic carbocycles. The molecule has 1 amide bonds. The van der Waals surface area contributed by atoms with Crippen LogP contribution in [0.4, 0.5) is 24.7 Å². The first-order valence-corrected chi connectivity index (χ1v) is 11.1. The summed E-state index contributed by atoms with van der Waals surface area (Å²) in [5.74, 6) is -0.864. The smallest absolute Gasteiger partial charge is 0.257 e. The predicted octanol–water partition coefficient (Wildman–Crippen LogP) is 4.78. The number of pyridine rings is 2. The normalized spacial score (nSPS) is 19.3. The lowest BCUT2D eigenvalue weighted by atomic mass is 9.98. The monoisotopic (exact) mass is 480 g/mol. The summed E-state index contributed by atoms with van der Waals surface area (Å²) in [6.07, 6.45) is 5.25. The number of carbonyl (C=O) groups excluding carboxylic acids is 1. The number of hydrogen-bond donors (Lipinski definition) is 2. The lowest BCUT2D eigenvalue weighted by Crippen LogP contribution is -2.16. The topological polar surface area (TPSA) is 98.7 Å². The number of aryl methyl sites for hydroxylation is 1. The summed E-state index contributed by atoms with van der Waals surface area (Å²) in [5.41, 5.74) is 8.60. The van der Waals surface area contributed by atoms with Crippen molar-refractivity contribution in [3.63, 3.8) is 0 Å². The average Bonchev–Trinajstić information content (AvgIpc) is 3.28. The van der Waals surface area contributed by atoms with E-state index < -0.39 is 18.8 Å². The standard InChI is InChI=1S/C25H23F3N6O/c1-12-3-4-30-8-17(12)16-5-14-6-20(31-9-18(14)24(29)23(16)28)33-25(35)22-13(2)21(22)15-7-32-34(10-15)11-19(26)27/h3-10,13,19,21-22H,11,29H2,1-2H3,(H,31,33,35)/t13-,21+,22-/m1/s1. The van der Waals surface area contributed by atoms with Gasteiger partial charge >= 0.3 is 0 Å². The molecule has 1 aromatic carbocycles. The van der Waals surface area contributed by atoms with Crippen molar-refractivity contribution in [1.29, 1.82) is 0 Å². The fourth-order valence-electron chi connectivity index (χ4n) is 4.69. The number of anilines is 2. The number of aromatic nitrogens is 4. The molecule has 5 rings (SSSR count). The van der Waals surface area contributed by atoms with Crippen molar-refractivity contribution in [2.75, 3.05) is 11.1 Å². The van der Waals surface area contributed by atoms with Crippen LogP contribution in [0.1, 0.15) is 24.0 Å². The number of alkyl halides is 2. The van der Waals surface area contributed by atoms with E-state index in [1.54, 1.807) is 36.8 Å². The quantitative estimate of drug-likeness (QED) is 0.387. The van der Waals surface area contributed by atoms with Gasteiger partial charge in [0.05, 0.1) is 11.9 Å². The largest absolute Gasteiger partial charge is 0.396 e. The molecule has 3 N–H and O–H groups in total. The molecule has 10 heteroatoms. The van der Waals surface area contributed by atoms with Crippen molar-refractivity contribution in [2.24, 2.45) is 11.8 Å². The molecule has 3 atom stereocenters. The third kappa shape index (κ3) is 4.20. The molecule has 1 saturated carbocycles. The number of nitrogens with two attached hydrogens (primary N) is 1. The maximum atomic E-state index is 15.0. The Morgan fingerprint density at radius 1 is 1.23 bits per heavy atom. The van der Waals surface area contributed by atoms with Gasteiger partial charge in [0, 0.05) is 53.1 Å². The Morgan fingerprint density at radius 3 is 2.77 bits per heavy atom. The summed E-state index contributed by atoms with van der Waals surface area (Å²) in [6, 6.07) is 5.11. The molecule has 3 aromatic heterocycles. The zero-order chi connectivity index (χ0) is 24.9. The second-order valence-corrected chi connectivity index (χ2v) is 8.92. The molecule has 1 aliphatic rings. The highest BCUT2D eigenvalue weighted by atomic mass is 19.3. The first-order valence-electron chi connectivity index (χ1n) is 11.1. The van der Waals surface area contributed by atoms with Gasteiger partial charge in [-0.25, -0.2) is 18.2 Å². The van der Waals surface area contributed by atoms with Crippen molar-refractivity contribution in [3.8, 4) is 11.1 Å². The van der Waals surface area contributed by atoms with Crippen molar-refractivity contribution < 1.29 is 18.0 Å². The number of hydrogen-bond acceptors (Lipinski definition) is 5. The number of benzene rings is 1. The molecule has 0 spiro atoms. The van der Waals surface area contributed by atoms with Crippen LogP contribution in [0.3, 0.4) is 0 Å². The van der Waals surface area contributed by atoms with E-state index >= 15 is 4.39 Å². The molecule has 7 nitrogen and oxygen atoms in total. The Kier molecular flexibility index (Phi) is 5.66. The van der Waals surface area contributed by atoms with E-state index in [1.807, 2.05) is 13.8 Å². The van der Waals surface area contributed by atoms with E-state index in [1.165, 1.54) is 17.1 Å². The summed E-state index contributed by atoms with van der Waals surface area (Å²) in [5, 5.41) is 7.86. The third-order valence-corrected chi connectivity index (χ3v) is 6.62. The lowest BCUT2D eigenvalue weighted by molar-refractivity contribution is -0.117. The molecule has 3 heterocycles. The minimum atomic E-state index is -2.50. The molecule has 0 saturated heterocycles. The third-order valence-electron chi connectivity index (χ3n) is 6.62. The minimum Gasteiger partial charge on any atom is -0.396 e. The van der Waals surface area contributed by atoms with E-state index in [-0.39, 0.29) is 29.3 Å². The van der Waals surface area contributed by atoms with E-state index in [4.69, 9.17) is 5.73 Å². The van der Waals surface area contributed by atoms with Crippen LogP contribution < -0.4 is 11.1 Å². The van der Waals surface area contributed by atoms with Gasteiger partial charge in [0.25, 0.3) is 6.43 Å². The number of halogens is 3. The molecule has 0 aliphatic heterocycles. The second kappa shape index (κ2) is 8.68. The lowest BCUT2D eigenvalue weighted by Gasteiger charge is -2.12. The van der Waals surface area contributed by atoms with Gasteiger partial charge in [-0.2, -0.15) is 5.10 Å². The van der Waals surface area contributed by atoms with Crippen LogP contribution in [0.25, 0.3) is 21.9 Å². The van der Waals surface area contributed by atoms with Crippen LogP contribution in [-0.2, 0) is 11.3 Å². The predicted molar refractivity (Wildman–Crippen MR) is 126 cm³/mol. The van der Waals surface area contributed by atoms with Crippen LogP contribution in [0.5, 0.6) is 0 Å². The molecule has 180 valence electrons. The van der Waals surface area contributed by atoms with Gasteiger partial charge < -0.3 is 11.1 Å². The molecule has 4 aromatic rings. The first-order chi connectivity index (χ1) is 16.7. The average molecular weight is 480 g/mol. The van der Waals surface area contributed by atoms with Gasteiger partial charge in [0.1, 0.15) is 12.4 Å². The van der Waals surface area contributed by atoms with E-state index in [0.717, 1.165) is 11.1 Å². The van der Waals surface area contributed by atoms with Crippen LogP contribution >= 0.6 is 0 Å². The van der Waals surface area contributed by atoms with E-state index in [0.29, 0.717) is 27.7 Å². The molecule has 35 heavy (non-hydrogen) atoms. The summed E-state index contributed by atoms with van der Waals surface area (Å²) in [6.45, 7) is 3.31. The highest BCUT2D eigenvalue weighted by Crippen LogP contribution is 2.54. The van der Waals surface area contributed by atoms with Gasteiger partial charge in [-0.1, -0.05) is 6.92 Å². The number of nitrogens with one attached hydrogen (secondary N) is 1. The van der Waals surface area contributed by atoms with Gasteiger partial charge in [-0.3, -0.25) is 14.5 Å². The number of nitrogen functional groups attached to an aromatic ring is 1. The Balaban J connectivity index is 1.39. The number of nitrogens with zero attached hydrogens (tertiary/aromatic N) is 4. The number of rotatable bonds is 6. The first kappa shape index (κ1) is 22.8. The SMILES string of the molecule is Cc1ccncc1-c1cc2cc(NC(=O)[C@@H]3[C@H](C)[C@H]3c3cnn(CC(F)F)c3)ncc2c(N)c1F. The Labute approximate surface area is 199 Å².